The highest BCUT2D eigenvalue weighted by Crippen LogP contribution is 2.36. The highest BCUT2D eigenvalue weighted by atomic mass is 79.9. The van der Waals surface area contributed by atoms with Crippen molar-refractivity contribution in [1.29, 1.82) is 0 Å². The van der Waals surface area contributed by atoms with Gasteiger partial charge in [-0.1, -0.05) is 40.2 Å². The quantitative estimate of drug-likeness (QED) is 0.200. The molecule has 10 heteroatoms. The summed E-state index contributed by atoms with van der Waals surface area (Å²) in [5.41, 5.74) is 0.575. The molecule has 0 aromatic heterocycles. The van der Waals surface area contributed by atoms with Crippen molar-refractivity contribution in [2.45, 2.75) is 59.3 Å². The SMILES string of the molecule is C=C(Br)CC(C/C(C)=N/NS(=O)(=O)c1c(C)cc(C)cc1C)(C(=O)OCC)C(=O)OCC. The van der Waals surface area contributed by atoms with E-state index < -0.39 is 27.4 Å². The first kappa shape index (κ1) is 27.8. The Morgan fingerprint density at radius 1 is 1.06 bits per heavy atom. The van der Waals surface area contributed by atoms with Crippen LogP contribution in [0.1, 0.15) is 50.3 Å². The van der Waals surface area contributed by atoms with Gasteiger partial charge in [-0.15, -0.1) is 0 Å². The van der Waals surface area contributed by atoms with Gasteiger partial charge in [0.1, 0.15) is 0 Å². The third kappa shape index (κ3) is 6.90. The Kier molecular flexibility index (Phi) is 10.1. The molecular formula is C22H31BrN2O6S. The molecule has 0 spiro atoms. The fraction of sp³-hybridized carbons (Fsp3) is 0.500. The fourth-order valence-electron chi connectivity index (χ4n) is 3.55. The summed E-state index contributed by atoms with van der Waals surface area (Å²) in [5.74, 6) is -1.58. The molecule has 0 aliphatic carbocycles. The second-order valence-electron chi connectivity index (χ2n) is 7.56. The van der Waals surface area contributed by atoms with Gasteiger partial charge in [0.2, 0.25) is 0 Å². The summed E-state index contributed by atoms with van der Waals surface area (Å²) in [6.07, 6.45) is -0.315. The van der Waals surface area contributed by atoms with Gasteiger partial charge in [-0.2, -0.15) is 13.5 Å². The van der Waals surface area contributed by atoms with Crippen LogP contribution in [0.15, 0.2) is 33.2 Å². The topological polar surface area (TPSA) is 111 Å². The van der Waals surface area contributed by atoms with Gasteiger partial charge in [0.15, 0.2) is 5.41 Å². The maximum atomic E-state index is 12.9. The highest BCUT2D eigenvalue weighted by molar-refractivity contribution is 9.11. The average Bonchev–Trinajstić information content (AvgIpc) is 2.64. The van der Waals surface area contributed by atoms with E-state index in [1.807, 2.05) is 6.92 Å². The number of hydrogen-bond donors (Lipinski definition) is 1. The number of halogens is 1. The van der Waals surface area contributed by atoms with Crippen LogP contribution in [0, 0.1) is 26.2 Å². The molecule has 0 heterocycles. The van der Waals surface area contributed by atoms with E-state index in [2.05, 4.69) is 32.4 Å². The zero-order valence-corrected chi connectivity index (χ0v) is 21.8. The van der Waals surface area contributed by atoms with Crippen molar-refractivity contribution in [1.82, 2.24) is 4.83 Å². The summed E-state index contributed by atoms with van der Waals surface area (Å²) in [4.78, 5) is 28.0. The number of esters is 2. The Bertz CT molecular complexity index is 976. The largest absolute Gasteiger partial charge is 0.465 e. The minimum atomic E-state index is -3.97. The van der Waals surface area contributed by atoms with E-state index in [0.717, 1.165) is 5.56 Å². The molecule has 0 unspecified atom stereocenters. The molecule has 1 N–H and O–H groups in total. The predicted molar refractivity (Wildman–Crippen MR) is 127 cm³/mol. The summed E-state index contributed by atoms with van der Waals surface area (Å²) in [6.45, 7) is 13.9. The third-order valence-electron chi connectivity index (χ3n) is 4.61. The van der Waals surface area contributed by atoms with E-state index in [9.17, 15) is 18.0 Å². The Morgan fingerprint density at radius 2 is 1.53 bits per heavy atom. The van der Waals surface area contributed by atoms with Crippen molar-refractivity contribution in [2.24, 2.45) is 10.5 Å². The molecule has 0 fully saturated rings. The number of carbonyl (C=O) groups is 2. The molecule has 0 atom stereocenters. The number of allylic oxidation sites excluding steroid dienone is 1. The van der Waals surface area contributed by atoms with Crippen molar-refractivity contribution in [3.05, 3.63) is 39.9 Å². The average molecular weight is 531 g/mol. The molecule has 0 amide bonds. The van der Waals surface area contributed by atoms with Crippen molar-refractivity contribution in [3.63, 3.8) is 0 Å². The van der Waals surface area contributed by atoms with Crippen LogP contribution in [-0.4, -0.2) is 39.3 Å². The highest BCUT2D eigenvalue weighted by Gasteiger charge is 2.49. The van der Waals surface area contributed by atoms with Crippen LogP contribution in [-0.2, 0) is 29.1 Å². The lowest BCUT2D eigenvalue weighted by Crippen LogP contribution is -2.44. The van der Waals surface area contributed by atoms with Crippen LogP contribution < -0.4 is 4.83 Å². The molecule has 0 saturated carbocycles. The summed E-state index contributed by atoms with van der Waals surface area (Å²) < 4.78 is 36.4. The van der Waals surface area contributed by atoms with Gasteiger partial charge in [-0.25, -0.2) is 4.83 Å². The number of benzene rings is 1. The Morgan fingerprint density at radius 3 is 1.94 bits per heavy atom. The normalized spacial score (nSPS) is 12.3. The van der Waals surface area contributed by atoms with E-state index in [1.54, 1.807) is 39.8 Å². The van der Waals surface area contributed by atoms with Crippen molar-refractivity contribution in [3.8, 4) is 0 Å². The molecule has 8 nitrogen and oxygen atoms in total. The molecule has 32 heavy (non-hydrogen) atoms. The molecule has 1 rings (SSSR count). The van der Waals surface area contributed by atoms with Gasteiger partial charge in [0, 0.05) is 18.6 Å². The number of hydrazone groups is 1. The first-order valence-electron chi connectivity index (χ1n) is 10.1. The van der Waals surface area contributed by atoms with E-state index in [0.29, 0.717) is 15.6 Å². The first-order valence-corrected chi connectivity index (χ1v) is 12.4. The van der Waals surface area contributed by atoms with Gasteiger partial charge in [-0.05, 0) is 57.2 Å². The molecule has 1 aromatic rings. The molecule has 0 aliphatic heterocycles. The van der Waals surface area contributed by atoms with Gasteiger partial charge in [0.05, 0.1) is 18.1 Å². The Hall–Kier alpha value is -2.20. The van der Waals surface area contributed by atoms with Crippen LogP contribution in [0.3, 0.4) is 0 Å². The molecular weight excluding hydrogens is 500 g/mol. The monoisotopic (exact) mass is 530 g/mol. The number of aryl methyl sites for hydroxylation is 3. The first-order chi connectivity index (χ1) is 14.8. The zero-order chi connectivity index (χ0) is 24.7. The fourth-order valence-corrected chi connectivity index (χ4v) is 5.36. The standard InChI is InChI=1S/C22H31BrN2O6S/c1-8-30-20(26)22(12-17(6)23,21(27)31-9-2)13-18(7)24-25-32(28,29)19-15(4)10-14(3)11-16(19)5/h10-11,25H,6,8-9,12-13H2,1-5,7H3/b24-18+. The smallest absolute Gasteiger partial charge is 0.324 e. The van der Waals surface area contributed by atoms with Crippen molar-refractivity contribution >= 4 is 43.6 Å². The van der Waals surface area contributed by atoms with Crippen LogP contribution in [0.4, 0.5) is 0 Å². The molecule has 178 valence electrons. The number of nitrogens with one attached hydrogen (secondary N) is 1. The Labute approximate surface area is 198 Å². The summed E-state index contributed by atoms with van der Waals surface area (Å²) in [6, 6.07) is 3.54. The van der Waals surface area contributed by atoms with Gasteiger partial charge in [0.25, 0.3) is 10.0 Å². The molecule has 0 aliphatic rings. The third-order valence-corrected chi connectivity index (χ3v) is 6.41. The number of rotatable bonds is 11. The minimum Gasteiger partial charge on any atom is -0.465 e. The lowest BCUT2D eigenvalue weighted by Gasteiger charge is -2.28. The van der Waals surface area contributed by atoms with Crippen LogP contribution in [0.25, 0.3) is 0 Å². The van der Waals surface area contributed by atoms with E-state index in [1.165, 1.54) is 6.92 Å². The van der Waals surface area contributed by atoms with E-state index >= 15 is 0 Å². The number of nitrogens with zero attached hydrogens (tertiary/aromatic N) is 1. The summed E-state index contributed by atoms with van der Waals surface area (Å²) in [7, 11) is -3.97. The second kappa shape index (κ2) is 11.6. The predicted octanol–water partition coefficient (Wildman–Crippen LogP) is 4.07. The zero-order valence-electron chi connectivity index (χ0n) is 19.4. The van der Waals surface area contributed by atoms with Crippen LogP contribution in [0.5, 0.6) is 0 Å². The van der Waals surface area contributed by atoms with Crippen molar-refractivity contribution < 1.29 is 27.5 Å². The van der Waals surface area contributed by atoms with Crippen molar-refractivity contribution in [2.75, 3.05) is 13.2 Å². The molecule has 0 saturated heterocycles. The second-order valence-corrected chi connectivity index (χ2v) is 10.3. The number of hydrogen-bond acceptors (Lipinski definition) is 7. The van der Waals surface area contributed by atoms with E-state index in [-0.39, 0.29) is 36.7 Å². The van der Waals surface area contributed by atoms with Crippen LogP contribution in [0.2, 0.25) is 0 Å². The van der Waals surface area contributed by atoms with E-state index in [4.69, 9.17) is 9.47 Å². The molecule has 0 bridgehead atoms. The maximum absolute atomic E-state index is 12.9. The molecule has 0 radical (unpaired) electrons. The van der Waals surface area contributed by atoms with Gasteiger partial charge < -0.3 is 9.47 Å². The van der Waals surface area contributed by atoms with Crippen LogP contribution >= 0.6 is 15.9 Å². The lowest BCUT2D eigenvalue weighted by molar-refractivity contribution is -0.171. The summed E-state index contributed by atoms with van der Waals surface area (Å²) >= 11 is 3.20. The molecule has 1 aromatic carbocycles. The minimum absolute atomic E-state index is 0.0591. The van der Waals surface area contributed by atoms with Gasteiger partial charge >= 0.3 is 11.9 Å². The number of carbonyl (C=O) groups excluding carboxylic acids is 2. The maximum Gasteiger partial charge on any atom is 0.324 e. The Balaban J connectivity index is 3.34. The summed E-state index contributed by atoms with van der Waals surface area (Å²) in [5, 5.41) is 3.97. The number of ether oxygens (including phenoxy) is 2. The number of sulfonamides is 1. The van der Waals surface area contributed by atoms with Gasteiger partial charge in [-0.3, -0.25) is 9.59 Å². The lowest BCUT2D eigenvalue weighted by atomic mass is 9.79.